The van der Waals surface area contributed by atoms with Gasteiger partial charge in [-0.25, -0.2) is 4.39 Å². The number of aromatic hydroxyl groups is 1. The Bertz CT molecular complexity index is 990. The van der Waals surface area contributed by atoms with Crippen molar-refractivity contribution in [1.29, 1.82) is 0 Å². The van der Waals surface area contributed by atoms with Crippen LogP contribution < -0.4 is 14.8 Å². The summed E-state index contributed by atoms with van der Waals surface area (Å²) in [5, 5.41) is 13.6. The molecule has 0 atom stereocenters. The number of anilines is 1. The summed E-state index contributed by atoms with van der Waals surface area (Å²) >= 11 is 18.3. The van der Waals surface area contributed by atoms with Crippen LogP contribution in [0.4, 0.5) is 10.1 Å². The standard InChI is InChI=1S/C21H17Cl3FNO3/c1-28-19-6-13(10-26-15-7-17(23)21(27)18(24)8-15)16(22)9-20(19)29-11-12-2-4-14(25)5-3-12/h2-9,26-27H,10-11H2,1H3. The summed E-state index contributed by atoms with van der Waals surface area (Å²) in [4.78, 5) is 0. The summed E-state index contributed by atoms with van der Waals surface area (Å²) in [7, 11) is 1.53. The third-order valence-corrected chi connectivity index (χ3v) is 5.07. The Kier molecular flexibility index (Phi) is 6.96. The van der Waals surface area contributed by atoms with Gasteiger partial charge < -0.3 is 19.9 Å². The lowest BCUT2D eigenvalue weighted by molar-refractivity contribution is 0.284. The maximum atomic E-state index is 13.0. The first kappa shape index (κ1) is 21.4. The molecule has 0 fully saturated rings. The first-order valence-corrected chi connectivity index (χ1v) is 9.66. The Morgan fingerprint density at radius 2 is 1.59 bits per heavy atom. The van der Waals surface area contributed by atoms with Crippen LogP contribution in [0.3, 0.4) is 0 Å². The minimum absolute atomic E-state index is 0.146. The molecule has 152 valence electrons. The summed E-state index contributed by atoms with van der Waals surface area (Å²) in [5.41, 5.74) is 2.21. The molecule has 3 aromatic rings. The molecule has 0 heterocycles. The molecule has 29 heavy (non-hydrogen) atoms. The summed E-state index contributed by atoms with van der Waals surface area (Å²) in [6, 6.07) is 12.6. The highest BCUT2D eigenvalue weighted by Gasteiger charge is 2.12. The largest absolute Gasteiger partial charge is 0.505 e. The fourth-order valence-electron chi connectivity index (χ4n) is 2.59. The van der Waals surface area contributed by atoms with Crippen molar-refractivity contribution in [3.05, 3.63) is 80.5 Å². The summed E-state index contributed by atoms with van der Waals surface area (Å²) in [5.74, 6) is 0.514. The lowest BCUT2D eigenvalue weighted by Crippen LogP contribution is -2.03. The molecule has 4 nitrogen and oxygen atoms in total. The van der Waals surface area contributed by atoms with E-state index in [-0.39, 0.29) is 28.2 Å². The molecule has 0 aromatic heterocycles. The number of hydrogen-bond acceptors (Lipinski definition) is 4. The van der Waals surface area contributed by atoms with E-state index in [1.54, 1.807) is 36.4 Å². The van der Waals surface area contributed by atoms with Crippen molar-refractivity contribution in [2.45, 2.75) is 13.2 Å². The zero-order valence-corrected chi connectivity index (χ0v) is 17.6. The van der Waals surface area contributed by atoms with E-state index in [0.717, 1.165) is 11.1 Å². The van der Waals surface area contributed by atoms with E-state index in [1.165, 1.54) is 19.2 Å². The zero-order valence-electron chi connectivity index (χ0n) is 15.3. The smallest absolute Gasteiger partial charge is 0.163 e. The second kappa shape index (κ2) is 9.44. The van der Waals surface area contributed by atoms with Gasteiger partial charge in [0.05, 0.1) is 17.2 Å². The van der Waals surface area contributed by atoms with Crippen LogP contribution in [0.2, 0.25) is 15.1 Å². The number of methoxy groups -OCH3 is 1. The van der Waals surface area contributed by atoms with Crippen LogP contribution in [0.15, 0.2) is 48.5 Å². The van der Waals surface area contributed by atoms with Gasteiger partial charge in [-0.1, -0.05) is 46.9 Å². The summed E-state index contributed by atoms with van der Waals surface area (Å²) in [6.07, 6.45) is 0. The number of rotatable bonds is 7. The maximum Gasteiger partial charge on any atom is 0.163 e. The minimum atomic E-state index is -0.303. The highest BCUT2D eigenvalue weighted by molar-refractivity contribution is 6.37. The number of phenols is 1. The molecular formula is C21H17Cl3FNO3. The van der Waals surface area contributed by atoms with Gasteiger partial charge in [-0.2, -0.15) is 0 Å². The lowest BCUT2D eigenvalue weighted by atomic mass is 10.2. The third kappa shape index (κ3) is 5.38. The van der Waals surface area contributed by atoms with Crippen molar-refractivity contribution in [1.82, 2.24) is 0 Å². The highest BCUT2D eigenvalue weighted by Crippen LogP contribution is 2.36. The minimum Gasteiger partial charge on any atom is -0.505 e. The van der Waals surface area contributed by atoms with Crippen LogP contribution in [0.25, 0.3) is 0 Å². The second-order valence-electron chi connectivity index (χ2n) is 6.15. The Labute approximate surface area is 182 Å². The van der Waals surface area contributed by atoms with Gasteiger partial charge in [0.2, 0.25) is 0 Å². The molecule has 0 saturated heterocycles. The van der Waals surface area contributed by atoms with E-state index in [0.29, 0.717) is 28.8 Å². The SMILES string of the molecule is COc1cc(CNc2cc(Cl)c(O)c(Cl)c2)c(Cl)cc1OCc1ccc(F)cc1. The van der Waals surface area contributed by atoms with Gasteiger partial charge >= 0.3 is 0 Å². The predicted octanol–water partition coefficient (Wildman–Crippen LogP) is 6.69. The first-order valence-electron chi connectivity index (χ1n) is 8.53. The van der Waals surface area contributed by atoms with Crippen LogP contribution in [0, 0.1) is 5.82 Å². The molecule has 3 rings (SSSR count). The van der Waals surface area contributed by atoms with Gasteiger partial charge in [-0.3, -0.25) is 0 Å². The highest BCUT2D eigenvalue weighted by atomic mass is 35.5. The molecule has 0 aliphatic heterocycles. The number of ether oxygens (including phenoxy) is 2. The van der Waals surface area contributed by atoms with Crippen LogP contribution in [-0.2, 0) is 13.2 Å². The molecule has 0 radical (unpaired) electrons. The van der Waals surface area contributed by atoms with E-state index < -0.39 is 0 Å². The average molecular weight is 457 g/mol. The molecule has 0 saturated carbocycles. The average Bonchev–Trinajstić information content (AvgIpc) is 2.70. The topological polar surface area (TPSA) is 50.7 Å². The van der Waals surface area contributed by atoms with Crippen LogP contribution in [-0.4, -0.2) is 12.2 Å². The first-order chi connectivity index (χ1) is 13.9. The van der Waals surface area contributed by atoms with Gasteiger partial charge in [0.1, 0.15) is 12.4 Å². The van der Waals surface area contributed by atoms with Crippen LogP contribution in [0.5, 0.6) is 17.2 Å². The molecule has 0 unspecified atom stereocenters. The van der Waals surface area contributed by atoms with Crippen LogP contribution in [0.1, 0.15) is 11.1 Å². The molecule has 0 amide bonds. The summed E-state index contributed by atoms with van der Waals surface area (Å²) in [6.45, 7) is 0.611. The van der Waals surface area contributed by atoms with Gasteiger partial charge in [0, 0.05) is 23.3 Å². The summed E-state index contributed by atoms with van der Waals surface area (Å²) < 4.78 is 24.2. The van der Waals surface area contributed by atoms with E-state index in [1.807, 2.05) is 0 Å². The monoisotopic (exact) mass is 455 g/mol. The number of halogens is 4. The quantitative estimate of drug-likeness (QED) is 0.389. The van der Waals surface area contributed by atoms with Crippen molar-refractivity contribution in [3.8, 4) is 17.2 Å². The zero-order chi connectivity index (χ0) is 21.0. The molecule has 3 aromatic carbocycles. The van der Waals surface area contributed by atoms with Crippen molar-refractivity contribution in [3.63, 3.8) is 0 Å². The third-order valence-electron chi connectivity index (χ3n) is 4.14. The Morgan fingerprint density at radius 3 is 2.21 bits per heavy atom. The molecule has 0 spiro atoms. The Morgan fingerprint density at radius 1 is 0.931 bits per heavy atom. The number of nitrogens with one attached hydrogen (secondary N) is 1. The maximum absolute atomic E-state index is 13.0. The normalized spacial score (nSPS) is 10.7. The van der Waals surface area contributed by atoms with Gasteiger partial charge in [0.15, 0.2) is 17.2 Å². The van der Waals surface area contributed by atoms with Crippen molar-refractivity contribution in [2.24, 2.45) is 0 Å². The van der Waals surface area contributed by atoms with E-state index >= 15 is 0 Å². The van der Waals surface area contributed by atoms with E-state index in [2.05, 4.69) is 5.32 Å². The molecule has 2 N–H and O–H groups in total. The molecule has 0 aliphatic carbocycles. The number of phenolic OH excluding ortho intramolecular Hbond substituents is 1. The Hall–Kier alpha value is -2.34. The van der Waals surface area contributed by atoms with Crippen LogP contribution >= 0.6 is 34.8 Å². The second-order valence-corrected chi connectivity index (χ2v) is 7.37. The molecule has 0 bridgehead atoms. The lowest BCUT2D eigenvalue weighted by Gasteiger charge is -2.15. The fourth-order valence-corrected chi connectivity index (χ4v) is 3.30. The van der Waals surface area contributed by atoms with Crippen molar-refractivity contribution >= 4 is 40.5 Å². The molecule has 8 heteroatoms. The molecule has 0 aliphatic rings. The Balaban J connectivity index is 1.73. The van der Waals surface area contributed by atoms with Crippen molar-refractivity contribution in [2.75, 3.05) is 12.4 Å². The van der Waals surface area contributed by atoms with E-state index in [4.69, 9.17) is 44.3 Å². The van der Waals surface area contributed by atoms with Gasteiger partial charge in [-0.15, -0.1) is 0 Å². The van der Waals surface area contributed by atoms with E-state index in [9.17, 15) is 9.50 Å². The van der Waals surface area contributed by atoms with Gasteiger partial charge in [-0.05, 0) is 41.5 Å². The fraction of sp³-hybridized carbons (Fsp3) is 0.143. The predicted molar refractivity (Wildman–Crippen MR) is 114 cm³/mol. The number of hydrogen-bond donors (Lipinski definition) is 2. The van der Waals surface area contributed by atoms with Crippen molar-refractivity contribution < 1.29 is 19.0 Å². The molecular weight excluding hydrogens is 440 g/mol. The van der Waals surface area contributed by atoms with Gasteiger partial charge in [0.25, 0.3) is 0 Å². The number of benzene rings is 3.